The maximum Gasteiger partial charge on any atom is 0.119 e. The van der Waals surface area contributed by atoms with E-state index in [1.807, 2.05) is 12.1 Å². The molecule has 1 N–H and O–H groups in total. The molecular weight excluding hydrogens is 226 g/mol. The van der Waals surface area contributed by atoms with Crippen molar-refractivity contribution >= 4 is 0 Å². The third kappa shape index (κ3) is 4.00. The maximum absolute atomic E-state index is 5.93. The van der Waals surface area contributed by atoms with Crippen molar-refractivity contribution < 1.29 is 9.47 Å². The average molecular weight is 249 g/mol. The van der Waals surface area contributed by atoms with Crippen molar-refractivity contribution in [2.45, 2.75) is 38.9 Å². The van der Waals surface area contributed by atoms with E-state index in [4.69, 9.17) is 9.47 Å². The fourth-order valence-electron chi connectivity index (χ4n) is 2.25. The van der Waals surface area contributed by atoms with Crippen LogP contribution in [0.2, 0.25) is 0 Å². The number of aryl methyl sites for hydroxylation is 1. The molecule has 3 heteroatoms. The second-order valence-electron chi connectivity index (χ2n) is 4.89. The summed E-state index contributed by atoms with van der Waals surface area (Å²) in [5, 5.41) is 3.33. The zero-order valence-corrected chi connectivity index (χ0v) is 11.3. The first-order valence-corrected chi connectivity index (χ1v) is 6.83. The van der Waals surface area contributed by atoms with Crippen molar-refractivity contribution in [1.82, 2.24) is 5.32 Å². The van der Waals surface area contributed by atoms with Crippen LogP contribution in [0.4, 0.5) is 0 Å². The van der Waals surface area contributed by atoms with Crippen LogP contribution in [0.3, 0.4) is 0 Å². The molecule has 1 aliphatic heterocycles. The van der Waals surface area contributed by atoms with Gasteiger partial charge in [-0.3, -0.25) is 0 Å². The van der Waals surface area contributed by atoms with Gasteiger partial charge in [0, 0.05) is 6.54 Å². The van der Waals surface area contributed by atoms with E-state index in [1.54, 1.807) is 0 Å². The zero-order valence-electron chi connectivity index (χ0n) is 11.3. The third-order valence-corrected chi connectivity index (χ3v) is 3.24. The molecule has 1 aromatic carbocycles. The van der Waals surface area contributed by atoms with Crippen LogP contribution in [0.25, 0.3) is 0 Å². The lowest BCUT2D eigenvalue weighted by atomic mass is 10.2. The predicted molar refractivity (Wildman–Crippen MR) is 73.1 cm³/mol. The van der Waals surface area contributed by atoms with E-state index in [1.165, 1.54) is 5.56 Å². The Hall–Kier alpha value is -1.06. The fourth-order valence-corrected chi connectivity index (χ4v) is 2.25. The van der Waals surface area contributed by atoms with Gasteiger partial charge in [0.1, 0.15) is 12.4 Å². The Labute approximate surface area is 109 Å². The average Bonchev–Trinajstić information content (AvgIpc) is 2.82. The minimum Gasteiger partial charge on any atom is -0.491 e. The van der Waals surface area contributed by atoms with Crippen LogP contribution in [0.1, 0.15) is 25.3 Å². The number of benzene rings is 1. The highest BCUT2D eigenvalue weighted by Gasteiger charge is 2.25. The van der Waals surface area contributed by atoms with E-state index in [0.29, 0.717) is 12.7 Å². The second kappa shape index (κ2) is 6.76. The standard InChI is InChI=1S/C15H23NO2/c1-3-16-10-14-7-8-15(18-14)11-17-13-6-4-5-12(2)9-13/h4-6,9,14-16H,3,7-8,10-11H2,1-2H3. The lowest BCUT2D eigenvalue weighted by molar-refractivity contribution is 0.0188. The van der Waals surface area contributed by atoms with Crippen molar-refractivity contribution in [3.8, 4) is 5.75 Å². The van der Waals surface area contributed by atoms with Crippen LogP contribution in [-0.4, -0.2) is 31.9 Å². The molecule has 18 heavy (non-hydrogen) atoms. The first-order chi connectivity index (χ1) is 8.78. The lowest BCUT2D eigenvalue weighted by Crippen LogP contribution is -2.28. The number of hydrogen-bond donors (Lipinski definition) is 1. The molecule has 0 aromatic heterocycles. The van der Waals surface area contributed by atoms with Crippen LogP contribution in [0.15, 0.2) is 24.3 Å². The highest BCUT2D eigenvalue weighted by molar-refractivity contribution is 5.27. The summed E-state index contributed by atoms with van der Waals surface area (Å²) in [7, 11) is 0. The Bertz CT molecular complexity index is 367. The molecule has 0 amide bonds. The van der Waals surface area contributed by atoms with E-state index in [0.717, 1.165) is 31.7 Å². The molecular formula is C15H23NO2. The summed E-state index contributed by atoms with van der Waals surface area (Å²) in [5.74, 6) is 0.939. The molecule has 2 atom stereocenters. The monoisotopic (exact) mass is 249 g/mol. The Morgan fingerprint density at radius 1 is 1.33 bits per heavy atom. The summed E-state index contributed by atoms with van der Waals surface area (Å²) < 4.78 is 11.7. The molecule has 0 bridgehead atoms. The number of likely N-dealkylation sites (N-methyl/N-ethyl adjacent to an activating group) is 1. The summed E-state index contributed by atoms with van der Waals surface area (Å²) >= 11 is 0. The first-order valence-electron chi connectivity index (χ1n) is 6.83. The summed E-state index contributed by atoms with van der Waals surface area (Å²) in [6, 6.07) is 8.16. The normalized spacial score (nSPS) is 23.2. The Morgan fingerprint density at radius 3 is 2.94 bits per heavy atom. The van der Waals surface area contributed by atoms with Crippen molar-refractivity contribution in [3.05, 3.63) is 29.8 Å². The largest absolute Gasteiger partial charge is 0.491 e. The smallest absolute Gasteiger partial charge is 0.119 e. The third-order valence-electron chi connectivity index (χ3n) is 3.24. The molecule has 1 saturated heterocycles. The van der Waals surface area contributed by atoms with Gasteiger partial charge in [0.05, 0.1) is 12.2 Å². The van der Waals surface area contributed by atoms with E-state index in [9.17, 15) is 0 Å². The van der Waals surface area contributed by atoms with Gasteiger partial charge in [0.25, 0.3) is 0 Å². The van der Waals surface area contributed by atoms with E-state index >= 15 is 0 Å². The highest BCUT2D eigenvalue weighted by atomic mass is 16.5. The van der Waals surface area contributed by atoms with Gasteiger partial charge in [-0.2, -0.15) is 0 Å². The van der Waals surface area contributed by atoms with Crippen LogP contribution < -0.4 is 10.1 Å². The number of rotatable bonds is 6. The number of hydrogen-bond acceptors (Lipinski definition) is 3. The van der Waals surface area contributed by atoms with Gasteiger partial charge < -0.3 is 14.8 Å². The molecule has 1 heterocycles. The minimum atomic E-state index is 0.245. The van der Waals surface area contributed by atoms with Gasteiger partial charge in [0.2, 0.25) is 0 Å². The Morgan fingerprint density at radius 2 is 2.17 bits per heavy atom. The van der Waals surface area contributed by atoms with Crippen LogP contribution in [-0.2, 0) is 4.74 Å². The zero-order chi connectivity index (χ0) is 12.8. The first kappa shape index (κ1) is 13.4. The van der Waals surface area contributed by atoms with Crippen molar-refractivity contribution in [3.63, 3.8) is 0 Å². The summed E-state index contributed by atoms with van der Waals surface area (Å²) in [5.41, 5.74) is 1.23. The van der Waals surface area contributed by atoms with Crippen molar-refractivity contribution in [1.29, 1.82) is 0 Å². The molecule has 0 aliphatic carbocycles. The van der Waals surface area contributed by atoms with E-state index in [2.05, 4.69) is 31.3 Å². The van der Waals surface area contributed by atoms with Crippen LogP contribution in [0.5, 0.6) is 5.75 Å². The Kier molecular flexibility index (Phi) is 5.02. The van der Waals surface area contributed by atoms with E-state index < -0.39 is 0 Å². The number of ether oxygens (including phenoxy) is 2. The summed E-state index contributed by atoms with van der Waals surface area (Å²) in [6.45, 7) is 6.81. The molecule has 100 valence electrons. The number of nitrogens with one attached hydrogen (secondary N) is 1. The van der Waals surface area contributed by atoms with Crippen molar-refractivity contribution in [2.24, 2.45) is 0 Å². The molecule has 0 saturated carbocycles. The highest BCUT2D eigenvalue weighted by Crippen LogP contribution is 2.21. The quantitative estimate of drug-likeness (QED) is 0.840. The lowest BCUT2D eigenvalue weighted by Gasteiger charge is -2.15. The van der Waals surface area contributed by atoms with Crippen LogP contribution in [0, 0.1) is 6.92 Å². The van der Waals surface area contributed by atoms with Gasteiger partial charge in [-0.05, 0) is 44.0 Å². The Balaban J connectivity index is 1.72. The minimum absolute atomic E-state index is 0.245. The van der Waals surface area contributed by atoms with Gasteiger partial charge >= 0.3 is 0 Å². The fraction of sp³-hybridized carbons (Fsp3) is 0.600. The van der Waals surface area contributed by atoms with Gasteiger partial charge in [-0.15, -0.1) is 0 Å². The van der Waals surface area contributed by atoms with Gasteiger partial charge in [-0.1, -0.05) is 19.1 Å². The topological polar surface area (TPSA) is 30.5 Å². The predicted octanol–water partition coefficient (Wildman–Crippen LogP) is 2.53. The molecule has 1 fully saturated rings. The van der Waals surface area contributed by atoms with E-state index in [-0.39, 0.29) is 6.10 Å². The molecule has 0 spiro atoms. The molecule has 0 radical (unpaired) electrons. The molecule has 1 aliphatic rings. The molecule has 3 nitrogen and oxygen atoms in total. The van der Waals surface area contributed by atoms with Crippen LogP contribution >= 0.6 is 0 Å². The summed E-state index contributed by atoms with van der Waals surface area (Å²) in [4.78, 5) is 0. The van der Waals surface area contributed by atoms with Gasteiger partial charge in [-0.25, -0.2) is 0 Å². The summed E-state index contributed by atoms with van der Waals surface area (Å²) in [6.07, 6.45) is 2.83. The second-order valence-corrected chi connectivity index (χ2v) is 4.89. The molecule has 2 unspecified atom stereocenters. The van der Waals surface area contributed by atoms with Crippen molar-refractivity contribution in [2.75, 3.05) is 19.7 Å². The molecule has 2 rings (SSSR count). The maximum atomic E-state index is 5.93. The van der Waals surface area contributed by atoms with Gasteiger partial charge in [0.15, 0.2) is 0 Å². The SMILES string of the molecule is CCNCC1CCC(COc2cccc(C)c2)O1. The molecule has 1 aromatic rings.